The van der Waals surface area contributed by atoms with Crippen molar-refractivity contribution >= 4 is 5.91 Å². The summed E-state index contributed by atoms with van der Waals surface area (Å²) < 4.78 is 6.99. The Morgan fingerprint density at radius 1 is 1.53 bits per heavy atom. The van der Waals surface area contributed by atoms with E-state index < -0.39 is 0 Å². The zero-order valence-electron chi connectivity index (χ0n) is 12.1. The fourth-order valence-corrected chi connectivity index (χ4v) is 2.67. The van der Waals surface area contributed by atoms with Gasteiger partial charge in [0.15, 0.2) is 0 Å². The summed E-state index contributed by atoms with van der Waals surface area (Å²) in [5.74, 6) is 0.557. The van der Waals surface area contributed by atoms with E-state index in [4.69, 9.17) is 4.74 Å². The predicted molar refractivity (Wildman–Crippen MR) is 73.1 cm³/mol. The molecule has 1 aliphatic heterocycles. The van der Waals surface area contributed by atoms with Crippen molar-refractivity contribution in [1.82, 2.24) is 14.7 Å². The standard InChI is InChI=1S/C14H23N3O2/c1-11-13(8-15-16(11)2)14(18)17-7-5-4-6-12(9-17)10-19-3/h8,12H,4-7,9-10H2,1-3H3. The Morgan fingerprint density at radius 2 is 2.32 bits per heavy atom. The minimum absolute atomic E-state index is 0.105. The number of amides is 1. The van der Waals surface area contributed by atoms with Gasteiger partial charge in [-0.15, -0.1) is 0 Å². The van der Waals surface area contributed by atoms with E-state index in [0.29, 0.717) is 5.92 Å². The Bertz CT molecular complexity index is 442. The average molecular weight is 265 g/mol. The van der Waals surface area contributed by atoms with Crippen LogP contribution in [0.25, 0.3) is 0 Å². The number of likely N-dealkylation sites (tertiary alicyclic amines) is 1. The number of nitrogens with zero attached hydrogens (tertiary/aromatic N) is 3. The maximum absolute atomic E-state index is 12.6. The molecule has 0 aromatic carbocycles. The van der Waals surface area contributed by atoms with E-state index in [2.05, 4.69) is 5.10 Å². The molecule has 0 saturated carbocycles. The van der Waals surface area contributed by atoms with Crippen molar-refractivity contribution in [3.63, 3.8) is 0 Å². The van der Waals surface area contributed by atoms with Gasteiger partial charge in [0.25, 0.3) is 5.91 Å². The number of hydrogen-bond donors (Lipinski definition) is 0. The molecule has 1 aromatic rings. The van der Waals surface area contributed by atoms with Crippen molar-refractivity contribution < 1.29 is 9.53 Å². The number of carbonyl (C=O) groups excluding carboxylic acids is 1. The molecule has 1 atom stereocenters. The summed E-state index contributed by atoms with van der Waals surface area (Å²) in [6, 6.07) is 0. The summed E-state index contributed by atoms with van der Waals surface area (Å²) in [5.41, 5.74) is 1.65. The van der Waals surface area contributed by atoms with Gasteiger partial charge in [-0.25, -0.2) is 0 Å². The lowest BCUT2D eigenvalue weighted by molar-refractivity contribution is 0.0696. The molecule has 0 N–H and O–H groups in total. The molecular weight excluding hydrogens is 242 g/mol. The molecule has 0 spiro atoms. The smallest absolute Gasteiger partial charge is 0.257 e. The van der Waals surface area contributed by atoms with Gasteiger partial charge in [-0.1, -0.05) is 6.42 Å². The molecule has 106 valence electrons. The Morgan fingerprint density at radius 3 is 2.95 bits per heavy atom. The SMILES string of the molecule is COCC1CCCCN(C(=O)c2cnn(C)c2C)C1. The van der Waals surface area contributed by atoms with Gasteiger partial charge < -0.3 is 9.64 Å². The second-order valence-corrected chi connectivity index (χ2v) is 5.34. The topological polar surface area (TPSA) is 47.4 Å². The quantitative estimate of drug-likeness (QED) is 0.834. The van der Waals surface area contributed by atoms with E-state index in [1.54, 1.807) is 18.0 Å². The van der Waals surface area contributed by atoms with Gasteiger partial charge in [0.2, 0.25) is 0 Å². The highest BCUT2D eigenvalue weighted by molar-refractivity contribution is 5.95. The zero-order valence-corrected chi connectivity index (χ0v) is 12.1. The summed E-state index contributed by atoms with van der Waals surface area (Å²) in [6.07, 6.45) is 5.06. The first kappa shape index (κ1) is 14.1. The summed E-state index contributed by atoms with van der Waals surface area (Å²) in [6.45, 7) is 4.30. The van der Waals surface area contributed by atoms with Crippen LogP contribution >= 0.6 is 0 Å². The molecule has 2 rings (SSSR count). The van der Waals surface area contributed by atoms with Crippen molar-refractivity contribution in [3.8, 4) is 0 Å². The minimum Gasteiger partial charge on any atom is -0.384 e. The number of aryl methyl sites for hydroxylation is 1. The fraction of sp³-hybridized carbons (Fsp3) is 0.714. The van der Waals surface area contributed by atoms with Crippen LogP contribution in [0.15, 0.2) is 6.20 Å². The number of rotatable bonds is 3. The van der Waals surface area contributed by atoms with Gasteiger partial charge in [-0.3, -0.25) is 9.48 Å². The second-order valence-electron chi connectivity index (χ2n) is 5.34. The number of ether oxygens (including phenoxy) is 1. The van der Waals surface area contributed by atoms with Crippen LogP contribution in [0.2, 0.25) is 0 Å². The number of hydrogen-bond acceptors (Lipinski definition) is 3. The highest BCUT2D eigenvalue weighted by atomic mass is 16.5. The Hall–Kier alpha value is -1.36. The van der Waals surface area contributed by atoms with Crippen molar-refractivity contribution in [3.05, 3.63) is 17.5 Å². The summed E-state index contributed by atoms with van der Waals surface area (Å²) >= 11 is 0. The number of aromatic nitrogens is 2. The van der Waals surface area contributed by atoms with E-state index in [1.165, 1.54) is 6.42 Å². The highest BCUT2D eigenvalue weighted by Crippen LogP contribution is 2.19. The van der Waals surface area contributed by atoms with Crippen LogP contribution in [0.3, 0.4) is 0 Å². The molecule has 5 nitrogen and oxygen atoms in total. The molecule has 2 heterocycles. The first-order chi connectivity index (χ1) is 9.13. The fourth-order valence-electron chi connectivity index (χ4n) is 2.67. The third-order valence-electron chi connectivity index (χ3n) is 3.92. The largest absolute Gasteiger partial charge is 0.384 e. The maximum Gasteiger partial charge on any atom is 0.257 e. The van der Waals surface area contributed by atoms with E-state index in [-0.39, 0.29) is 5.91 Å². The van der Waals surface area contributed by atoms with Crippen LogP contribution in [-0.2, 0) is 11.8 Å². The first-order valence-electron chi connectivity index (χ1n) is 6.90. The summed E-state index contributed by atoms with van der Waals surface area (Å²) in [5, 5.41) is 4.16. The Labute approximate surface area is 114 Å². The lowest BCUT2D eigenvalue weighted by atomic mass is 10.0. The van der Waals surface area contributed by atoms with E-state index >= 15 is 0 Å². The van der Waals surface area contributed by atoms with Gasteiger partial charge in [-0.2, -0.15) is 5.10 Å². The van der Waals surface area contributed by atoms with E-state index in [9.17, 15) is 4.79 Å². The van der Waals surface area contributed by atoms with Crippen molar-refractivity contribution in [1.29, 1.82) is 0 Å². The normalized spacial score (nSPS) is 20.4. The minimum atomic E-state index is 0.105. The Balaban J connectivity index is 2.10. The van der Waals surface area contributed by atoms with Crippen molar-refractivity contribution in [2.24, 2.45) is 13.0 Å². The molecule has 5 heteroatoms. The molecule has 1 aliphatic rings. The van der Waals surface area contributed by atoms with Crippen LogP contribution < -0.4 is 0 Å². The van der Waals surface area contributed by atoms with Crippen LogP contribution in [-0.4, -0.2) is 47.4 Å². The van der Waals surface area contributed by atoms with Crippen LogP contribution in [0.1, 0.15) is 35.3 Å². The molecule has 1 fully saturated rings. The summed E-state index contributed by atoms with van der Waals surface area (Å²) in [7, 11) is 3.59. The van der Waals surface area contributed by atoms with Crippen LogP contribution in [0.4, 0.5) is 0 Å². The third-order valence-corrected chi connectivity index (χ3v) is 3.92. The first-order valence-corrected chi connectivity index (χ1v) is 6.90. The van der Waals surface area contributed by atoms with Crippen LogP contribution in [0.5, 0.6) is 0 Å². The molecule has 1 amide bonds. The van der Waals surface area contributed by atoms with Gasteiger partial charge in [0, 0.05) is 32.9 Å². The molecule has 1 saturated heterocycles. The van der Waals surface area contributed by atoms with E-state index in [1.807, 2.05) is 18.9 Å². The predicted octanol–water partition coefficient (Wildman–Crippen LogP) is 1.62. The molecule has 0 radical (unpaired) electrons. The molecule has 1 aromatic heterocycles. The number of methoxy groups -OCH3 is 1. The summed E-state index contributed by atoms with van der Waals surface area (Å²) in [4.78, 5) is 14.5. The number of carbonyl (C=O) groups is 1. The molecule has 0 bridgehead atoms. The maximum atomic E-state index is 12.6. The Kier molecular flexibility index (Phi) is 4.58. The monoisotopic (exact) mass is 265 g/mol. The lowest BCUT2D eigenvalue weighted by Crippen LogP contribution is -2.35. The lowest BCUT2D eigenvalue weighted by Gasteiger charge is -2.24. The van der Waals surface area contributed by atoms with Gasteiger partial charge in [0.1, 0.15) is 0 Å². The zero-order chi connectivity index (χ0) is 13.8. The van der Waals surface area contributed by atoms with E-state index in [0.717, 1.165) is 43.8 Å². The van der Waals surface area contributed by atoms with Gasteiger partial charge in [0.05, 0.1) is 18.4 Å². The average Bonchev–Trinajstić information content (AvgIpc) is 2.62. The van der Waals surface area contributed by atoms with Crippen LogP contribution in [0, 0.1) is 12.8 Å². The highest BCUT2D eigenvalue weighted by Gasteiger charge is 2.24. The third kappa shape index (κ3) is 3.15. The van der Waals surface area contributed by atoms with Gasteiger partial charge in [-0.05, 0) is 25.7 Å². The van der Waals surface area contributed by atoms with Crippen molar-refractivity contribution in [2.45, 2.75) is 26.2 Å². The molecule has 0 aliphatic carbocycles. The molecule has 1 unspecified atom stereocenters. The molecular formula is C14H23N3O2. The van der Waals surface area contributed by atoms with Crippen molar-refractivity contribution in [2.75, 3.05) is 26.8 Å². The second kappa shape index (κ2) is 6.19. The van der Waals surface area contributed by atoms with Gasteiger partial charge >= 0.3 is 0 Å². The molecule has 19 heavy (non-hydrogen) atoms.